The number of halogens is 2. The summed E-state index contributed by atoms with van der Waals surface area (Å²) in [6.45, 7) is 3.10. The van der Waals surface area contributed by atoms with Crippen LogP contribution in [0.2, 0.25) is 0 Å². The summed E-state index contributed by atoms with van der Waals surface area (Å²) < 4.78 is 31.4. The van der Waals surface area contributed by atoms with E-state index in [4.69, 9.17) is 4.42 Å². The SMILES string of the molecule is O=c1cc(C(F)F)ncn1CC1CCN(Cc2cocn2)CC1. The summed E-state index contributed by atoms with van der Waals surface area (Å²) >= 11 is 0. The minimum absolute atomic E-state index is 0.348. The van der Waals surface area contributed by atoms with E-state index >= 15 is 0 Å². The van der Waals surface area contributed by atoms with Crippen LogP contribution >= 0.6 is 0 Å². The van der Waals surface area contributed by atoms with Crippen molar-refractivity contribution in [2.45, 2.75) is 32.4 Å². The molecule has 0 saturated carbocycles. The topological polar surface area (TPSA) is 64.2 Å². The van der Waals surface area contributed by atoms with Gasteiger partial charge in [-0.2, -0.15) is 0 Å². The smallest absolute Gasteiger partial charge is 0.280 e. The minimum atomic E-state index is -2.71. The molecule has 3 heterocycles. The summed E-state index contributed by atoms with van der Waals surface area (Å²) in [5.74, 6) is 0.348. The van der Waals surface area contributed by atoms with E-state index in [-0.39, 0.29) is 0 Å². The Morgan fingerprint density at radius 3 is 2.70 bits per heavy atom. The second-order valence-corrected chi connectivity index (χ2v) is 5.80. The molecule has 8 heteroatoms. The molecule has 0 aromatic carbocycles. The van der Waals surface area contributed by atoms with Gasteiger partial charge in [0.1, 0.15) is 12.0 Å². The number of oxazole rings is 1. The van der Waals surface area contributed by atoms with Gasteiger partial charge in [0.05, 0.1) is 12.0 Å². The predicted molar refractivity (Wildman–Crippen MR) is 78.0 cm³/mol. The zero-order chi connectivity index (χ0) is 16.2. The summed E-state index contributed by atoms with van der Waals surface area (Å²) in [6.07, 6.45) is 3.47. The number of nitrogens with zero attached hydrogens (tertiary/aromatic N) is 4. The average molecular weight is 324 g/mol. The highest BCUT2D eigenvalue weighted by molar-refractivity contribution is 5.01. The first-order valence-electron chi connectivity index (χ1n) is 7.56. The highest BCUT2D eigenvalue weighted by Gasteiger charge is 2.21. The largest absolute Gasteiger partial charge is 0.451 e. The van der Waals surface area contributed by atoms with Crippen LogP contribution in [0.5, 0.6) is 0 Å². The number of hydrogen-bond acceptors (Lipinski definition) is 5. The van der Waals surface area contributed by atoms with E-state index in [1.807, 2.05) is 0 Å². The first-order chi connectivity index (χ1) is 11.1. The number of aromatic nitrogens is 3. The van der Waals surface area contributed by atoms with Gasteiger partial charge >= 0.3 is 0 Å². The van der Waals surface area contributed by atoms with Crippen LogP contribution in [0.4, 0.5) is 8.78 Å². The Hall–Kier alpha value is -2.09. The molecule has 0 unspecified atom stereocenters. The summed E-state index contributed by atoms with van der Waals surface area (Å²) in [5, 5.41) is 0. The van der Waals surface area contributed by atoms with E-state index in [0.717, 1.165) is 44.2 Å². The molecule has 0 bridgehead atoms. The molecule has 2 aromatic rings. The van der Waals surface area contributed by atoms with Crippen LogP contribution < -0.4 is 5.56 Å². The molecule has 0 spiro atoms. The van der Waals surface area contributed by atoms with Gasteiger partial charge in [-0.05, 0) is 31.8 Å². The Labute approximate surface area is 131 Å². The Kier molecular flexibility index (Phi) is 4.80. The van der Waals surface area contributed by atoms with Crippen molar-refractivity contribution in [2.75, 3.05) is 13.1 Å². The molecular formula is C15H18F2N4O2. The Morgan fingerprint density at radius 2 is 2.09 bits per heavy atom. The fourth-order valence-electron chi connectivity index (χ4n) is 2.85. The second kappa shape index (κ2) is 6.99. The van der Waals surface area contributed by atoms with Crippen LogP contribution in [-0.2, 0) is 13.1 Å². The monoisotopic (exact) mass is 324 g/mol. The highest BCUT2D eigenvalue weighted by atomic mass is 19.3. The molecule has 0 N–H and O–H groups in total. The van der Waals surface area contributed by atoms with E-state index in [1.54, 1.807) is 6.26 Å². The summed E-state index contributed by atoms with van der Waals surface area (Å²) in [6, 6.07) is 0.921. The Bertz CT molecular complexity index is 679. The zero-order valence-electron chi connectivity index (χ0n) is 12.6. The van der Waals surface area contributed by atoms with Gasteiger partial charge in [0.15, 0.2) is 6.39 Å². The molecule has 1 fully saturated rings. The second-order valence-electron chi connectivity index (χ2n) is 5.80. The number of alkyl halides is 2. The standard InChI is InChI=1S/C15H18F2N4O2/c16-15(17)13-5-14(22)21(9-18-13)6-11-1-3-20(4-2-11)7-12-8-23-10-19-12/h5,8-11,15H,1-4,6-7H2. The van der Waals surface area contributed by atoms with Gasteiger partial charge in [0.25, 0.3) is 12.0 Å². The fourth-order valence-corrected chi connectivity index (χ4v) is 2.85. The summed E-state index contributed by atoms with van der Waals surface area (Å²) in [7, 11) is 0. The Balaban J connectivity index is 1.53. The maximum Gasteiger partial charge on any atom is 0.280 e. The summed E-state index contributed by atoms with van der Waals surface area (Å²) in [5.41, 5.74) is 0.0282. The Morgan fingerprint density at radius 1 is 1.30 bits per heavy atom. The van der Waals surface area contributed by atoms with Crippen LogP contribution in [0.15, 0.2) is 34.3 Å². The van der Waals surface area contributed by atoms with Crippen molar-refractivity contribution < 1.29 is 13.2 Å². The summed E-state index contributed by atoms with van der Waals surface area (Å²) in [4.78, 5) is 21.9. The first kappa shape index (κ1) is 15.8. The quantitative estimate of drug-likeness (QED) is 0.842. The average Bonchev–Trinajstić information content (AvgIpc) is 3.04. The molecule has 23 heavy (non-hydrogen) atoms. The molecule has 6 nitrogen and oxygen atoms in total. The van der Waals surface area contributed by atoms with Gasteiger partial charge in [-0.1, -0.05) is 0 Å². The van der Waals surface area contributed by atoms with Crippen LogP contribution in [0.1, 0.15) is 30.7 Å². The van der Waals surface area contributed by atoms with Crippen LogP contribution in [-0.4, -0.2) is 32.5 Å². The van der Waals surface area contributed by atoms with Gasteiger partial charge in [0, 0.05) is 19.2 Å². The lowest BCUT2D eigenvalue weighted by atomic mass is 9.96. The molecule has 0 amide bonds. The molecule has 0 aliphatic carbocycles. The number of rotatable bonds is 5. The highest BCUT2D eigenvalue weighted by Crippen LogP contribution is 2.20. The maximum atomic E-state index is 12.5. The third-order valence-electron chi connectivity index (χ3n) is 4.16. The van der Waals surface area contributed by atoms with E-state index in [9.17, 15) is 13.6 Å². The first-order valence-corrected chi connectivity index (χ1v) is 7.56. The van der Waals surface area contributed by atoms with Crippen molar-refractivity contribution in [3.8, 4) is 0 Å². The van der Waals surface area contributed by atoms with E-state index in [1.165, 1.54) is 17.3 Å². The zero-order valence-corrected chi connectivity index (χ0v) is 12.6. The van der Waals surface area contributed by atoms with Crippen LogP contribution in [0, 0.1) is 5.92 Å². The number of piperidine rings is 1. The van der Waals surface area contributed by atoms with Gasteiger partial charge in [-0.25, -0.2) is 18.7 Å². The van der Waals surface area contributed by atoms with Crippen molar-refractivity contribution in [2.24, 2.45) is 5.92 Å². The molecule has 3 rings (SSSR count). The molecule has 0 radical (unpaired) electrons. The van der Waals surface area contributed by atoms with Crippen molar-refractivity contribution >= 4 is 0 Å². The normalized spacial score (nSPS) is 17.0. The van der Waals surface area contributed by atoms with E-state index in [0.29, 0.717) is 12.5 Å². The fraction of sp³-hybridized carbons (Fsp3) is 0.533. The van der Waals surface area contributed by atoms with Crippen molar-refractivity contribution in [3.63, 3.8) is 0 Å². The van der Waals surface area contributed by atoms with Crippen molar-refractivity contribution in [1.82, 2.24) is 19.4 Å². The number of likely N-dealkylation sites (tertiary alicyclic amines) is 1. The lowest BCUT2D eigenvalue weighted by Crippen LogP contribution is -2.36. The van der Waals surface area contributed by atoms with Gasteiger partial charge in [-0.3, -0.25) is 14.3 Å². The van der Waals surface area contributed by atoms with Gasteiger partial charge in [-0.15, -0.1) is 0 Å². The maximum absolute atomic E-state index is 12.5. The molecular weight excluding hydrogens is 306 g/mol. The third-order valence-corrected chi connectivity index (χ3v) is 4.16. The van der Waals surface area contributed by atoms with E-state index < -0.39 is 17.7 Å². The molecule has 2 aromatic heterocycles. The molecule has 1 saturated heterocycles. The van der Waals surface area contributed by atoms with Crippen LogP contribution in [0.3, 0.4) is 0 Å². The van der Waals surface area contributed by atoms with Crippen molar-refractivity contribution in [1.29, 1.82) is 0 Å². The van der Waals surface area contributed by atoms with Crippen LogP contribution in [0.25, 0.3) is 0 Å². The lowest BCUT2D eigenvalue weighted by Gasteiger charge is -2.31. The van der Waals surface area contributed by atoms with Gasteiger partial charge < -0.3 is 4.42 Å². The molecule has 1 aliphatic rings. The predicted octanol–water partition coefficient (Wildman–Crippen LogP) is 2.08. The lowest BCUT2D eigenvalue weighted by molar-refractivity contribution is 0.144. The van der Waals surface area contributed by atoms with Gasteiger partial charge in [0.2, 0.25) is 0 Å². The minimum Gasteiger partial charge on any atom is -0.451 e. The van der Waals surface area contributed by atoms with Crippen molar-refractivity contribution in [3.05, 3.63) is 46.8 Å². The molecule has 124 valence electrons. The molecule has 0 atom stereocenters. The third kappa shape index (κ3) is 4.01. The molecule has 1 aliphatic heterocycles. The van der Waals surface area contributed by atoms with E-state index in [2.05, 4.69) is 14.9 Å². The number of hydrogen-bond donors (Lipinski definition) is 0.